The first-order valence-corrected chi connectivity index (χ1v) is 8.00. The van der Waals surface area contributed by atoms with Crippen LogP contribution in [0.1, 0.15) is 73.1 Å². The van der Waals surface area contributed by atoms with Crippen LogP contribution in [0.4, 0.5) is 0 Å². The summed E-state index contributed by atoms with van der Waals surface area (Å²) in [4.78, 5) is 0. The highest BCUT2D eigenvalue weighted by Crippen LogP contribution is 2.31. The molecule has 0 amide bonds. The van der Waals surface area contributed by atoms with Crippen LogP contribution in [0.3, 0.4) is 0 Å². The molecule has 0 aromatic rings. The summed E-state index contributed by atoms with van der Waals surface area (Å²) in [5, 5.41) is 0. The summed E-state index contributed by atoms with van der Waals surface area (Å²) in [6.45, 7) is 12.0. The Labute approximate surface area is 125 Å². The van der Waals surface area contributed by atoms with Crippen LogP contribution in [0.5, 0.6) is 0 Å². The molecule has 1 nitrogen and oxygen atoms in total. The maximum atomic E-state index is 5.40. The largest absolute Gasteiger partial charge is 0.370 e. The summed E-state index contributed by atoms with van der Waals surface area (Å²) in [6, 6.07) is 0. The van der Waals surface area contributed by atoms with Crippen molar-refractivity contribution in [3.05, 3.63) is 34.9 Å². The molecule has 1 heterocycles. The number of ether oxygens (including phenoxy) is 1. The summed E-state index contributed by atoms with van der Waals surface area (Å²) in [7, 11) is 0. The van der Waals surface area contributed by atoms with E-state index in [0.29, 0.717) is 0 Å². The van der Waals surface area contributed by atoms with E-state index < -0.39 is 0 Å². The summed E-state index contributed by atoms with van der Waals surface area (Å²) >= 11 is 0. The van der Waals surface area contributed by atoms with Crippen LogP contribution in [0.15, 0.2) is 34.9 Å². The second-order valence-corrected chi connectivity index (χ2v) is 6.74. The lowest BCUT2D eigenvalue weighted by Crippen LogP contribution is -2.02. The zero-order valence-electron chi connectivity index (χ0n) is 14.1. The number of epoxide rings is 1. The van der Waals surface area contributed by atoms with Gasteiger partial charge in [-0.2, -0.15) is 0 Å². The normalized spacial score (nSPS) is 22.9. The van der Waals surface area contributed by atoms with Crippen LogP contribution in [0.2, 0.25) is 0 Å². The zero-order valence-corrected chi connectivity index (χ0v) is 14.1. The average molecular weight is 276 g/mol. The van der Waals surface area contributed by atoms with E-state index in [4.69, 9.17) is 4.74 Å². The van der Waals surface area contributed by atoms with Crippen molar-refractivity contribution < 1.29 is 4.74 Å². The predicted octanol–water partition coefficient (Wildman–Crippen LogP) is 5.97. The van der Waals surface area contributed by atoms with E-state index in [1.165, 1.54) is 48.8 Å². The molecule has 1 aliphatic rings. The molecule has 0 aliphatic carbocycles. The third-order valence-electron chi connectivity index (χ3n) is 3.93. The third-order valence-corrected chi connectivity index (χ3v) is 3.93. The summed E-state index contributed by atoms with van der Waals surface area (Å²) < 4.78 is 5.40. The first kappa shape index (κ1) is 17.2. The molecular formula is C19H32O. The highest BCUT2D eigenvalue weighted by molar-refractivity contribution is 5.05. The van der Waals surface area contributed by atoms with E-state index in [0.717, 1.165) is 13.0 Å². The first-order chi connectivity index (χ1) is 9.41. The lowest BCUT2D eigenvalue weighted by molar-refractivity contribution is 0.310. The molecule has 1 unspecified atom stereocenters. The van der Waals surface area contributed by atoms with Crippen molar-refractivity contribution in [1.82, 2.24) is 0 Å². The molecule has 0 aromatic carbocycles. The lowest BCUT2D eigenvalue weighted by Gasteiger charge is -2.03. The molecule has 0 aromatic heterocycles. The van der Waals surface area contributed by atoms with E-state index in [9.17, 15) is 0 Å². The van der Waals surface area contributed by atoms with E-state index in [1.54, 1.807) is 0 Å². The minimum Gasteiger partial charge on any atom is -0.370 e. The summed E-state index contributed by atoms with van der Waals surface area (Å²) in [6.07, 6.45) is 14.2. The molecule has 0 radical (unpaired) electrons. The van der Waals surface area contributed by atoms with Crippen LogP contribution in [0, 0.1) is 0 Å². The maximum Gasteiger partial charge on any atom is 0.0891 e. The second kappa shape index (κ2) is 8.46. The van der Waals surface area contributed by atoms with Crippen LogP contribution in [-0.2, 0) is 4.74 Å². The number of rotatable bonds is 9. The molecular weight excluding hydrogens is 244 g/mol. The minimum absolute atomic E-state index is 0.207. The van der Waals surface area contributed by atoms with Gasteiger partial charge in [-0.3, -0.25) is 0 Å². The maximum absolute atomic E-state index is 5.40. The van der Waals surface area contributed by atoms with Gasteiger partial charge in [0.2, 0.25) is 0 Å². The Hall–Kier alpha value is -0.820. The Kier molecular flexibility index (Phi) is 7.29. The first-order valence-electron chi connectivity index (χ1n) is 8.00. The number of allylic oxidation sites excluding steroid dienone is 6. The molecule has 20 heavy (non-hydrogen) atoms. The van der Waals surface area contributed by atoms with Gasteiger partial charge < -0.3 is 4.74 Å². The molecule has 1 fully saturated rings. The molecule has 1 rings (SSSR count). The fraction of sp³-hybridized carbons (Fsp3) is 0.684. The van der Waals surface area contributed by atoms with Gasteiger partial charge in [0.25, 0.3) is 0 Å². The Bertz CT molecular complexity index is 377. The summed E-state index contributed by atoms with van der Waals surface area (Å²) in [5.74, 6) is 0. The molecule has 1 atom stereocenters. The highest BCUT2D eigenvalue weighted by atomic mass is 16.6. The van der Waals surface area contributed by atoms with Gasteiger partial charge in [0.05, 0.1) is 12.2 Å². The molecule has 1 heteroatoms. The minimum atomic E-state index is 0.207. The smallest absolute Gasteiger partial charge is 0.0891 e. The average Bonchev–Trinajstić information content (AvgIpc) is 3.07. The van der Waals surface area contributed by atoms with Crippen molar-refractivity contribution in [1.29, 1.82) is 0 Å². The van der Waals surface area contributed by atoms with Crippen molar-refractivity contribution in [3.63, 3.8) is 0 Å². The van der Waals surface area contributed by atoms with Gasteiger partial charge in [-0.25, -0.2) is 0 Å². The second-order valence-electron chi connectivity index (χ2n) is 6.74. The van der Waals surface area contributed by atoms with Gasteiger partial charge >= 0.3 is 0 Å². The molecule has 114 valence electrons. The summed E-state index contributed by atoms with van der Waals surface area (Å²) in [5.41, 5.74) is 4.67. The standard InChI is InChI=1S/C19H32O/c1-16(2)9-6-10-17(3)11-7-12-18(4)13-8-14-19(5)15-20-19/h9,11,13H,6-8,10,12,14-15H2,1-5H3/b17-11+,18-13+. The Morgan fingerprint density at radius 1 is 0.900 bits per heavy atom. The monoisotopic (exact) mass is 276 g/mol. The zero-order chi connectivity index (χ0) is 15.0. The Morgan fingerprint density at radius 3 is 1.90 bits per heavy atom. The molecule has 1 saturated heterocycles. The van der Waals surface area contributed by atoms with Crippen molar-refractivity contribution in [2.45, 2.75) is 78.7 Å². The van der Waals surface area contributed by atoms with Gasteiger partial charge in [-0.15, -0.1) is 0 Å². The van der Waals surface area contributed by atoms with Crippen molar-refractivity contribution >= 4 is 0 Å². The third kappa shape index (κ3) is 8.37. The fourth-order valence-electron chi connectivity index (χ4n) is 2.23. The molecule has 0 bridgehead atoms. The van der Waals surface area contributed by atoms with Gasteiger partial charge in [0.15, 0.2) is 0 Å². The van der Waals surface area contributed by atoms with E-state index in [-0.39, 0.29) is 5.60 Å². The van der Waals surface area contributed by atoms with Crippen LogP contribution in [-0.4, -0.2) is 12.2 Å². The molecule has 0 spiro atoms. The van der Waals surface area contributed by atoms with Crippen molar-refractivity contribution in [2.75, 3.05) is 6.61 Å². The molecule has 0 saturated carbocycles. The number of hydrogen-bond donors (Lipinski definition) is 0. The highest BCUT2D eigenvalue weighted by Gasteiger charge is 2.37. The van der Waals surface area contributed by atoms with Crippen molar-refractivity contribution in [3.8, 4) is 0 Å². The fourth-order valence-corrected chi connectivity index (χ4v) is 2.23. The topological polar surface area (TPSA) is 12.5 Å². The van der Waals surface area contributed by atoms with Gasteiger partial charge in [0, 0.05) is 0 Å². The molecule has 0 N–H and O–H groups in total. The van der Waals surface area contributed by atoms with E-state index in [1.807, 2.05) is 0 Å². The van der Waals surface area contributed by atoms with Crippen LogP contribution in [0.25, 0.3) is 0 Å². The Morgan fingerprint density at radius 2 is 1.40 bits per heavy atom. The lowest BCUT2D eigenvalue weighted by atomic mass is 10.0. The van der Waals surface area contributed by atoms with E-state index in [2.05, 4.69) is 52.8 Å². The van der Waals surface area contributed by atoms with Gasteiger partial charge in [0.1, 0.15) is 0 Å². The molecule has 1 aliphatic heterocycles. The van der Waals surface area contributed by atoms with Crippen molar-refractivity contribution in [2.24, 2.45) is 0 Å². The quantitative estimate of drug-likeness (QED) is 0.373. The SMILES string of the molecule is CC(C)=CCC/C(C)=C/CC/C(C)=C/CCC1(C)CO1. The van der Waals surface area contributed by atoms with Crippen LogP contribution < -0.4 is 0 Å². The predicted molar refractivity (Wildman–Crippen MR) is 89.0 cm³/mol. The Balaban J connectivity index is 2.14. The number of hydrogen-bond acceptors (Lipinski definition) is 1. The van der Waals surface area contributed by atoms with Crippen LogP contribution >= 0.6 is 0 Å². The van der Waals surface area contributed by atoms with Gasteiger partial charge in [-0.1, -0.05) is 34.9 Å². The van der Waals surface area contributed by atoms with E-state index >= 15 is 0 Å². The van der Waals surface area contributed by atoms with Gasteiger partial charge in [-0.05, 0) is 73.1 Å².